The van der Waals surface area contributed by atoms with Crippen LogP contribution in [-0.2, 0) is 17.5 Å². The van der Waals surface area contributed by atoms with Crippen LogP contribution < -0.4 is 10.9 Å². The van der Waals surface area contributed by atoms with Gasteiger partial charge in [-0.1, -0.05) is 12.1 Å². The molecule has 31 heavy (non-hydrogen) atoms. The molecule has 1 aliphatic rings. The molecule has 0 fully saturated rings. The average Bonchev–Trinajstić information content (AvgIpc) is 2.72. The van der Waals surface area contributed by atoms with Gasteiger partial charge in [0.2, 0.25) is 0 Å². The number of benzene rings is 2. The minimum absolute atomic E-state index is 0.0205. The first-order valence-corrected chi connectivity index (χ1v) is 10.1. The number of carbonyl (C=O) groups excluding carboxylic acids is 1. The first kappa shape index (κ1) is 21.2. The number of rotatable bonds is 3. The molecule has 0 radical (unpaired) electrons. The molecule has 10 heteroatoms. The highest BCUT2D eigenvalue weighted by molar-refractivity contribution is 9.10. The molecule has 162 valence electrons. The Morgan fingerprint density at radius 3 is 2.55 bits per heavy atom. The van der Waals surface area contributed by atoms with Gasteiger partial charge in [-0.25, -0.2) is 4.79 Å². The quantitative estimate of drug-likeness (QED) is 0.507. The molecule has 0 aliphatic carbocycles. The van der Waals surface area contributed by atoms with Crippen molar-refractivity contribution in [3.05, 3.63) is 67.9 Å². The van der Waals surface area contributed by atoms with Crippen LogP contribution in [0.5, 0.6) is 5.75 Å². The monoisotopic (exact) mass is 496 g/mol. The molecule has 1 aromatic heterocycles. The van der Waals surface area contributed by atoms with Gasteiger partial charge in [-0.3, -0.25) is 4.79 Å². The molecule has 0 saturated carbocycles. The van der Waals surface area contributed by atoms with Crippen LogP contribution in [0, 0.1) is 0 Å². The lowest BCUT2D eigenvalue weighted by Crippen LogP contribution is -2.34. The second kappa shape index (κ2) is 7.60. The lowest BCUT2D eigenvalue weighted by atomic mass is 10.00. The summed E-state index contributed by atoms with van der Waals surface area (Å²) in [4.78, 5) is 25.5. The first-order valence-electron chi connectivity index (χ1n) is 9.32. The first-order chi connectivity index (χ1) is 14.6. The van der Waals surface area contributed by atoms with E-state index in [4.69, 9.17) is 4.74 Å². The van der Waals surface area contributed by atoms with Crippen LogP contribution in [0.1, 0.15) is 34.5 Å². The highest BCUT2D eigenvalue weighted by Crippen LogP contribution is 2.41. The van der Waals surface area contributed by atoms with Gasteiger partial charge < -0.3 is 19.7 Å². The predicted molar refractivity (Wildman–Crippen MR) is 111 cm³/mol. The zero-order valence-electron chi connectivity index (χ0n) is 16.1. The van der Waals surface area contributed by atoms with E-state index in [1.165, 1.54) is 16.7 Å². The summed E-state index contributed by atoms with van der Waals surface area (Å²) in [5.41, 5.74) is -0.579. The minimum atomic E-state index is -4.45. The number of pyridine rings is 1. The van der Waals surface area contributed by atoms with E-state index in [-0.39, 0.29) is 18.5 Å². The summed E-state index contributed by atoms with van der Waals surface area (Å²) in [5, 5.41) is 14.2. The maximum absolute atomic E-state index is 13.1. The number of nitrogens with zero attached hydrogens (tertiary/aromatic N) is 1. The lowest BCUT2D eigenvalue weighted by molar-refractivity contribution is -0.137. The van der Waals surface area contributed by atoms with E-state index < -0.39 is 40.6 Å². The molecule has 1 atom stereocenters. The number of aromatic nitrogens is 1. The fraction of sp³-hybridized carbons (Fsp3) is 0.238. The fourth-order valence-corrected chi connectivity index (χ4v) is 4.23. The van der Waals surface area contributed by atoms with E-state index >= 15 is 0 Å². The molecule has 6 nitrogen and oxygen atoms in total. The van der Waals surface area contributed by atoms with Gasteiger partial charge in [-0.2, -0.15) is 13.2 Å². The van der Waals surface area contributed by atoms with Crippen LogP contribution >= 0.6 is 15.9 Å². The Labute approximate surface area is 182 Å². The van der Waals surface area contributed by atoms with Crippen molar-refractivity contribution in [3.63, 3.8) is 0 Å². The number of hydrogen-bond donors (Lipinski definition) is 2. The second-order valence-corrected chi connectivity index (χ2v) is 7.85. The number of nitrogens with one attached hydrogen (secondary N) is 1. The molecule has 2 aromatic carbocycles. The van der Waals surface area contributed by atoms with Gasteiger partial charge >= 0.3 is 12.1 Å². The third-order valence-electron chi connectivity index (χ3n) is 5.14. The Morgan fingerprint density at radius 2 is 1.94 bits per heavy atom. The van der Waals surface area contributed by atoms with Gasteiger partial charge in [0.15, 0.2) is 5.56 Å². The van der Waals surface area contributed by atoms with Gasteiger partial charge in [0.25, 0.3) is 5.56 Å². The summed E-state index contributed by atoms with van der Waals surface area (Å²) in [6.07, 6.45) is -4.45. The maximum Gasteiger partial charge on any atom is 0.416 e. The molecule has 0 bridgehead atoms. The van der Waals surface area contributed by atoms with Gasteiger partial charge in [-0.05, 0) is 52.7 Å². The zero-order valence-corrected chi connectivity index (χ0v) is 17.7. The number of halogens is 4. The standard InChI is InChI=1S/C21H16BrF3N2O4/c1-2-31-20(30)16-18(28)15-12(22)7-8-13-17(15)27(19(16)29)9-14(26-13)10-3-5-11(6-4-10)21(23,24)25/h3-8,14,26,28H,2,9H2,1H3. The van der Waals surface area contributed by atoms with Crippen molar-refractivity contribution in [2.75, 3.05) is 11.9 Å². The van der Waals surface area contributed by atoms with Crippen molar-refractivity contribution in [2.45, 2.75) is 25.7 Å². The number of aromatic hydroxyl groups is 1. The highest BCUT2D eigenvalue weighted by atomic mass is 79.9. The van der Waals surface area contributed by atoms with E-state index in [1.807, 2.05) is 0 Å². The molecule has 0 spiro atoms. The number of carbonyl (C=O) groups is 1. The SMILES string of the molecule is CCOC(=O)c1c(O)c2c(Br)ccc3c2n(c1=O)CC(c1ccc(C(F)(F)F)cc1)N3. The molecule has 4 rings (SSSR count). The Bertz CT molecular complexity index is 1250. The summed E-state index contributed by atoms with van der Waals surface area (Å²) in [6, 6.07) is 7.45. The van der Waals surface area contributed by atoms with E-state index in [0.717, 1.165) is 12.1 Å². The van der Waals surface area contributed by atoms with E-state index in [9.17, 15) is 27.9 Å². The average molecular weight is 497 g/mol. The van der Waals surface area contributed by atoms with Crippen LogP contribution in [0.2, 0.25) is 0 Å². The van der Waals surface area contributed by atoms with Crippen molar-refractivity contribution in [1.82, 2.24) is 4.57 Å². The molecule has 1 aliphatic heterocycles. The third kappa shape index (κ3) is 3.54. The van der Waals surface area contributed by atoms with Gasteiger partial charge in [-0.15, -0.1) is 0 Å². The molecule has 2 heterocycles. The Hall–Kier alpha value is -3.01. The summed E-state index contributed by atoms with van der Waals surface area (Å²) >= 11 is 3.34. The number of esters is 1. The van der Waals surface area contributed by atoms with Gasteiger partial charge in [0.05, 0.1) is 41.3 Å². The predicted octanol–water partition coefficient (Wildman–Crippen LogP) is 4.83. The molecule has 2 N–H and O–H groups in total. The van der Waals surface area contributed by atoms with E-state index in [1.54, 1.807) is 19.1 Å². The van der Waals surface area contributed by atoms with E-state index in [0.29, 0.717) is 21.2 Å². The van der Waals surface area contributed by atoms with Crippen LogP contribution in [0.3, 0.4) is 0 Å². The number of ether oxygens (including phenoxy) is 1. The van der Waals surface area contributed by atoms with Crippen molar-refractivity contribution < 1.29 is 27.8 Å². The van der Waals surface area contributed by atoms with Gasteiger partial charge in [0.1, 0.15) is 5.75 Å². The molecular weight excluding hydrogens is 481 g/mol. The largest absolute Gasteiger partial charge is 0.506 e. The number of alkyl halides is 3. The van der Waals surface area contributed by atoms with Crippen LogP contribution in [0.25, 0.3) is 10.9 Å². The van der Waals surface area contributed by atoms with E-state index in [2.05, 4.69) is 21.2 Å². The highest BCUT2D eigenvalue weighted by Gasteiger charge is 2.32. The van der Waals surface area contributed by atoms with Crippen molar-refractivity contribution in [3.8, 4) is 5.75 Å². The summed E-state index contributed by atoms with van der Waals surface area (Å²) < 4.78 is 45.4. The van der Waals surface area contributed by atoms with Gasteiger partial charge in [0, 0.05) is 4.47 Å². The van der Waals surface area contributed by atoms with Crippen molar-refractivity contribution in [1.29, 1.82) is 0 Å². The Morgan fingerprint density at radius 1 is 1.26 bits per heavy atom. The van der Waals surface area contributed by atoms with Crippen LogP contribution in [-0.4, -0.2) is 22.2 Å². The topological polar surface area (TPSA) is 80.6 Å². The second-order valence-electron chi connectivity index (χ2n) is 7.00. The summed E-state index contributed by atoms with van der Waals surface area (Å²) in [6.45, 7) is 1.64. The minimum Gasteiger partial charge on any atom is -0.506 e. The van der Waals surface area contributed by atoms with Crippen LogP contribution in [0.15, 0.2) is 45.7 Å². The molecule has 0 amide bonds. The summed E-state index contributed by atoms with van der Waals surface area (Å²) in [7, 11) is 0. The molecule has 1 unspecified atom stereocenters. The smallest absolute Gasteiger partial charge is 0.416 e. The summed E-state index contributed by atoms with van der Waals surface area (Å²) in [5.74, 6) is -1.43. The fourth-order valence-electron chi connectivity index (χ4n) is 3.72. The molecule has 3 aromatic rings. The molecule has 0 saturated heterocycles. The zero-order chi connectivity index (χ0) is 22.5. The maximum atomic E-state index is 13.1. The van der Waals surface area contributed by atoms with Crippen LogP contribution in [0.4, 0.5) is 18.9 Å². The van der Waals surface area contributed by atoms with Crippen molar-refractivity contribution in [2.24, 2.45) is 0 Å². The molecular formula is C21H16BrF3N2O4. The lowest BCUT2D eigenvalue weighted by Gasteiger charge is -2.30. The Kier molecular flexibility index (Phi) is 5.20. The normalized spacial score (nSPS) is 15.6. The number of anilines is 1. The van der Waals surface area contributed by atoms with Crippen molar-refractivity contribution >= 4 is 38.5 Å². The Balaban J connectivity index is 1.87. The third-order valence-corrected chi connectivity index (χ3v) is 5.81. The number of hydrogen-bond acceptors (Lipinski definition) is 5.